The second-order valence-electron chi connectivity index (χ2n) is 4.20. The molecule has 1 fully saturated rings. The summed E-state index contributed by atoms with van der Waals surface area (Å²) in [6.45, 7) is 1.58. The fourth-order valence-electron chi connectivity index (χ4n) is 2.00. The predicted molar refractivity (Wildman–Crippen MR) is 65.3 cm³/mol. The van der Waals surface area contributed by atoms with Gasteiger partial charge in [0, 0.05) is 20.2 Å². The molecule has 1 atom stereocenters. The number of nitrogens with zero attached hydrogens (tertiary/aromatic N) is 3. The summed E-state index contributed by atoms with van der Waals surface area (Å²) in [6.07, 6.45) is 3.96. The molecule has 1 aliphatic heterocycles. The van der Waals surface area contributed by atoms with Gasteiger partial charge >= 0.3 is 0 Å². The molecule has 0 radical (unpaired) electrons. The number of nitrogen functional groups attached to an aromatic ring is 1. The molecular weight excluding hydrogens is 218 g/mol. The van der Waals surface area contributed by atoms with Crippen molar-refractivity contribution in [3.05, 3.63) is 17.8 Å². The predicted octanol–water partition coefficient (Wildman–Crippen LogP) is 0.376. The van der Waals surface area contributed by atoms with Crippen molar-refractivity contribution in [2.75, 3.05) is 25.1 Å². The van der Waals surface area contributed by atoms with Gasteiger partial charge in [-0.3, -0.25) is 5.41 Å². The van der Waals surface area contributed by atoms with Crippen LogP contribution in [-0.4, -0.2) is 42.3 Å². The molecule has 1 aromatic rings. The second kappa shape index (κ2) is 5.09. The van der Waals surface area contributed by atoms with Gasteiger partial charge in [0.15, 0.2) is 5.82 Å². The molecule has 1 unspecified atom stereocenters. The van der Waals surface area contributed by atoms with Crippen molar-refractivity contribution >= 4 is 11.7 Å². The Morgan fingerprint density at radius 2 is 2.53 bits per heavy atom. The van der Waals surface area contributed by atoms with Crippen LogP contribution in [-0.2, 0) is 4.74 Å². The highest BCUT2D eigenvalue weighted by molar-refractivity contribution is 5.99. The Bertz CT molecular complexity index is 403. The zero-order valence-electron chi connectivity index (χ0n) is 9.89. The highest BCUT2D eigenvalue weighted by Crippen LogP contribution is 2.18. The SMILES string of the molecule is CN(CC1CCCO1)c1nnccc1C(=N)N. The lowest BCUT2D eigenvalue weighted by atomic mass is 10.2. The molecule has 0 bridgehead atoms. The van der Waals surface area contributed by atoms with E-state index in [1.165, 1.54) is 0 Å². The first kappa shape index (κ1) is 11.8. The maximum atomic E-state index is 7.51. The number of rotatable bonds is 4. The molecule has 2 rings (SSSR count). The Morgan fingerprint density at radius 1 is 1.71 bits per heavy atom. The van der Waals surface area contributed by atoms with Crippen LogP contribution in [0.25, 0.3) is 0 Å². The van der Waals surface area contributed by atoms with Gasteiger partial charge in [-0.2, -0.15) is 5.10 Å². The zero-order chi connectivity index (χ0) is 12.3. The summed E-state index contributed by atoms with van der Waals surface area (Å²) < 4.78 is 5.57. The van der Waals surface area contributed by atoms with Crippen molar-refractivity contribution in [2.24, 2.45) is 5.73 Å². The molecule has 92 valence electrons. The maximum absolute atomic E-state index is 7.51. The van der Waals surface area contributed by atoms with Crippen molar-refractivity contribution in [3.63, 3.8) is 0 Å². The van der Waals surface area contributed by atoms with Gasteiger partial charge in [0.25, 0.3) is 0 Å². The highest BCUT2D eigenvalue weighted by atomic mass is 16.5. The Hall–Kier alpha value is -1.69. The van der Waals surface area contributed by atoms with Crippen LogP contribution in [0.15, 0.2) is 12.3 Å². The van der Waals surface area contributed by atoms with Crippen molar-refractivity contribution in [1.29, 1.82) is 5.41 Å². The molecule has 6 heteroatoms. The van der Waals surface area contributed by atoms with Gasteiger partial charge in [0.2, 0.25) is 0 Å². The van der Waals surface area contributed by atoms with Crippen LogP contribution in [0, 0.1) is 5.41 Å². The van der Waals surface area contributed by atoms with Crippen LogP contribution < -0.4 is 10.6 Å². The number of nitrogens with one attached hydrogen (secondary N) is 1. The van der Waals surface area contributed by atoms with E-state index in [-0.39, 0.29) is 11.9 Å². The lowest BCUT2D eigenvalue weighted by Gasteiger charge is -2.22. The standard InChI is InChI=1S/C11H17N5O/c1-16(7-8-3-2-6-17-8)11-9(10(12)13)4-5-14-15-11/h4-5,8H,2-3,6-7H2,1H3,(H3,12,13). The minimum absolute atomic E-state index is 0.00842. The minimum atomic E-state index is 0.00842. The molecule has 6 nitrogen and oxygen atoms in total. The van der Waals surface area contributed by atoms with Crippen LogP contribution in [0.5, 0.6) is 0 Å². The third-order valence-electron chi connectivity index (χ3n) is 2.85. The first-order valence-corrected chi connectivity index (χ1v) is 5.67. The maximum Gasteiger partial charge on any atom is 0.162 e. The number of hydrogen-bond donors (Lipinski definition) is 2. The first-order valence-electron chi connectivity index (χ1n) is 5.67. The van der Waals surface area contributed by atoms with Gasteiger partial charge in [-0.25, -0.2) is 0 Å². The first-order chi connectivity index (χ1) is 8.18. The van der Waals surface area contributed by atoms with Crippen LogP contribution in [0.4, 0.5) is 5.82 Å². The van der Waals surface area contributed by atoms with E-state index in [0.29, 0.717) is 11.4 Å². The Labute approximate surface area is 100 Å². The summed E-state index contributed by atoms with van der Waals surface area (Å²) >= 11 is 0. The summed E-state index contributed by atoms with van der Waals surface area (Å²) in [7, 11) is 1.91. The number of likely N-dealkylation sites (N-methyl/N-ethyl adjacent to an activating group) is 1. The summed E-state index contributed by atoms with van der Waals surface area (Å²) in [4.78, 5) is 1.94. The Balaban J connectivity index is 2.12. The van der Waals surface area contributed by atoms with Crippen molar-refractivity contribution in [2.45, 2.75) is 18.9 Å². The number of anilines is 1. The molecule has 2 heterocycles. The van der Waals surface area contributed by atoms with Crippen LogP contribution in [0.2, 0.25) is 0 Å². The molecule has 17 heavy (non-hydrogen) atoms. The molecular formula is C11H17N5O. The fourth-order valence-corrected chi connectivity index (χ4v) is 2.00. The van der Waals surface area contributed by atoms with Gasteiger partial charge in [-0.05, 0) is 18.9 Å². The van der Waals surface area contributed by atoms with Gasteiger partial charge in [-0.1, -0.05) is 0 Å². The van der Waals surface area contributed by atoms with Crippen LogP contribution >= 0.6 is 0 Å². The monoisotopic (exact) mass is 235 g/mol. The molecule has 0 aliphatic carbocycles. The van der Waals surface area contributed by atoms with Crippen molar-refractivity contribution in [1.82, 2.24) is 10.2 Å². The molecule has 1 aromatic heterocycles. The number of hydrogen-bond acceptors (Lipinski definition) is 5. The quantitative estimate of drug-likeness (QED) is 0.581. The lowest BCUT2D eigenvalue weighted by Crippen LogP contribution is -2.31. The van der Waals surface area contributed by atoms with E-state index >= 15 is 0 Å². The average Bonchev–Trinajstić information content (AvgIpc) is 2.81. The number of amidine groups is 1. The largest absolute Gasteiger partial charge is 0.384 e. The minimum Gasteiger partial charge on any atom is -0.384 e. The molecule has 1 saturated heterocycles. The molecule has 0 saturated carbocycles. The van der Waals surface area contributed by atoms with Crippen LogP contribution in [0.3, 0.4) is 0 Å². The van der Waals surface area contributed by atoms with E-state index in [2.05, 4.69) is 10.2 Å². The topological polar surface area (TPSA) is 88.1 Å². The number of aromatic nitrogens is 2. The van der Waals surface area contributed by atoms with E-state index < -0.39 is 0 Å². The van der Waals surface area contributed by atoms with Gasteiger partial charge in [0.05, 0.1) is 17.9 Å². The Kier molecular flexibility index (Phi) is 3.53. The molecule has 0 spiro atoms. The zero-order valence-corrected chi connectivity index (χ0v) is 9.89. The molecule has 0 amide bonds. The van der Waals surface area contributed by atoms with E-state index in [1.54, 1.807) is 12.3 Å². The third-order valence-corrected chi connectivity index (χ3v) is 2.85. The van der Waals surface area contributed by atoms with Crippen LogP contribution in [0.1, 0.15) is 18.4 Å². The smallest absolute Gasteiger partial charge is 0.162 e. The van der Waals surface area contributed by atoms with Crippen molar-refractivity contribution in [3.8, 4) is 0 Å². The molecule has 0 aromatic carbocycles. The second-order valence-corrected chi connectivity index (χ2v) is 4.20. The van der Waals surface area contributed by atoms with Gasteiger partial charge in [0.1, 0.15) is 5.84 Å². The van der Waals surface area contributed by atoms with E-state index in [9.17, 15) is 0 Å². The van der Waals surface area contributed by atoms with Gasteiger partial charge in [-0.15, -0.1) is 5.10 Å². The molecule has 3 N–H and O–H groups in total. The molecule has 1 aliphatic rings. The van der Waals surface area contributed by atoms with E-state index in [0.717, 1.165) is 26.0 Å². The Morgan fingerprint density at radius 3 is 3.18 bits per heavy atom. The fraction of sp³-hybridized carbons (Fsp3) is 0.545. The summed E-state index contributed by atoms with van der Waals surface area (Å²) in [6, 6.07) is 1.71. The summed E-state index contributed by atoms with van der Waals surface area (Å²) in [5, 5.41) is 15.4. The van der Waals surface area contributed by atoms with E-state index in [1.807, 2.05) is 11.9 Å². The van der Waals surface area contributed by atoms with Crippen molar-refractivity contribution < 1.29 is 4.74 Å². The normalized spacial score (nSPS) is 19.2. The van der Waals surface area contributed by atoms with E-state index in [4.69, 9.17) is 15.9 Å². The number of nitrogens with two attached hydrogens (primary N) is 1. The lowest BCUT2D eigenvalue weighted by molar-refractivity contribution is 0.116. The third kappa shape index (κ3) is 2.71. The summed E-state index contributed by atoms with van der Waals surface area (Å²) in [5.74, 6) is 0.643. The van der Waals surface area contributed by atoms with Gasteiger partial charge < -0.3 is 15.4 Å². The average molecular weight is 235 g/mol. The summed E-state index contributed by atoms with van der Waals surface area (Å²) in [5.41, 5.74) is 6.13. The highest BCUT2D eigenvalue weighted by Gasteiger charge is 2.20. The number of ether oxygens (including phenoxy) is 1.